The number of methoxy groups -OCH3 is 1. The van der Waals surface area contributed by atoms with Gasteiger partial charge in [0.1, 0.15) is 0 Å². The summed E-state index contributed by atoms with van der Waals surface area (Å²) in [6.07, 6.45) is 7.63. The van der Waals surface area contributed by atoms with Crippen LogP contribution in [-0.4, -0.2) is 23.9 Å². The van der Waals surface area contributed by atoms with E-state index in [4.69, 9.17) is 4.74 Å². The zero-order chi connectivity index (χ0) is 11.3. The highest BCUT2D eigenvalue weighted by atomic mass is 16.5. The number of hydrogen-bond donors (Lipinski definition) is 1. The summed E-state index contributed by atoms with van der Waals surface area (Å²) < 4.78 is 5.32. The van der Waals surface area contributed by atoms with E-state index in [1.807, 2.05) is 0 Å². The van der Waals surface area contributed by atoms with Gasteiger partial charge in [-0.15, -0.1) is 0 Å². The van der Waals surface area contributed by atoms with E-state index in [1.54, 1.807) is 7.11 Å². The molecule has 0 aromatic rings. The Kier molecular flexibility index (Phi) is 5.07. The Morgan fingerprint density at radius 1 is 1.33 bits per heavy atom. The van der Waals surface area contributed by atoms with Crippen LogP contribution in [0.2, 0.25) is 0 Å². The van der Waals surface area contributed by atoms with Gasteiger partial charge in [-0.1, -0.05) is 26.7 Å². The van der Waals surface area contributed by atoms with Crippen LogP contribution >= 0.6 is 0 Å². The summed E-state index contributed by atoms with van der Waals surface area (Å²) >= 11 is 0. The van der Waals surface area contributed by atoms with E-state index < -0.39 is 0 Å². The lowest BCUT2D eigenvalue weighted by atomic mass is 9.79. The molecule has 0 aliphatic heterocycles. The van der Waals surface area contributed by atoms with Crippen molar-refractivity contribution in [1.29, 1.82) is 0 Å². The first kappa shape index (κ1) is 13.0. The van der Waals surface area contributed by atoms with Crippen molar-refractivity contribution in [2.45, 2.75) is 70.5 Å². The Hall–Kier alpha value is -0.0800. The first-order chi connectivity index (χ1) is 7.06. The molecule has 1 aliphatic carbocycles. The number of aliphatic hydroxyl groups is 1. The third-order valence-electron chi connectivity index (χ3n) is 3.62. The average molecular weight is 214 g/mol. The maximum atomic E-state index is 10.3. The highest BCUT2D eigenvalue weighted by molar-refractivity contribution is 4.85. The molecule has 0 aromatic carbocycles. The highest BCUT2D eigenvalue weighted by Crippen LogP contribution is 2.33. The molecule has 0 unspecified atom stereocenters. The molecule has 2 heteroatoms. The molecule has 0 atom stereocenters. The molecule has 0 bridgehead atoms. The van der Waals surface area contributed by atoms with E-state index >= 15 is 0 Å². The smallest absolute Gasteiger partial charge is 0.0649 e. The minimum Gasteiger partial charge on any atom is -0.390 e. The molecular weight excluding hydrogens is 188 g/mol. The van der Waals surface area contributed by atoms with Crippen LogP contribution in [0.3, 0.4) is 0 Å². The van der Waals surface area contributed by atoms with Gasteiger partial charge in [-0.2, -0.15) is 0 Å². The van der Waals surface area contributed by atoms with E-state index in [9.17, 15) is 5.11 Å². The SMILES string of the molecule is COC1CCC(O)(CCCC(C)C)CC1. The molecule has 15 heavy (non-hydrogen) atoms. The van der Waals surface area contributed by atoms with Crippen molar-refractivity contribution in [3.63, 3.8) is 0 Å². The fraction of sp³-hybridized carbons (Fsp3) is 1.00. The molecule has 0 aromatic heterocycles. The summed E-state index contributed by atoms with van der Waals surface area (Å²) in [6.45, 7) is 4.48. The second-order valence-electron chi connectivity index (χ2n) is 5.45. The van der Waals surface area contributed by atoms with Crippen molar-refractivity contribution < 1.29 is 9.84 Å². The van der Waals surface area contributed by atoms with E-state index in [0.717, 1.165) is 44.4 Å². The lowest BCUT2D eigenvalue weighted by Crippen LogP contribution is -2.36. The Morgan fingerprint density at radius 2 is 1.93 bits per heavy atom. The van der Waals surface area contributed by atoms with Gasteiger partial charge in [0.15, 0.2) is 0 Å². The van der Waals surface area contributed by atoms with Gasteiger partial charge in [-0.05, 0) is 38.0 Å². The largest absolute Gasteiger partial charge is 0.390 e. The van der Waals surface area contributed by atoms with Crippen LogP contribution in [0.15, 0.2) is 0 Å². The van der Waals surface area contributed by atoms with Gasteiger partial charge in [0, 0.05) is 7.11 Å². The van der Waals surface area contributed by atoms with Crippen LogP contribution in [0.4, 0.5) is 0 Å². The lowest BCUT2D eigenvalue weighted by Gasteiger charge is -2.35. The molecular formula is C13H26O2. The first-order valence-electron chi connectivity index (χ1n) is 6.31. The Balaban J connectivity index is 2.22. The van der Waals surface area contributed by atoms with Crippen molar-refractivity contribution in [2.24, 2.45) is 5.92 Å². The predicted octanol–water partition coefficient (Wildman–Crippen LogP) is 3.13. The van der Waals surface area contributed by atoms with Gasteiger partial charge < -0.3 is 9.84 Å². The number of rotatable bonds is 5. The molecule has 90 valence electrons. The van der Waals surface area contributed by atoms with Gasteiger partial charge in [-0.3, -0.25) is 0 Å². The summed E-state index contributed by atoms with van der Waals surface area (Å²) in [5.41, 5.74) is -0.385. The molecule has 1 rings (SSSR count). The molecule has 0 amide bonds. The van der Waals surface area contributed by atoms with Gasteiger partial charge in [0.2, 0.25) is 0 Å². The molecule has 0 spiro atoms. The van der Waals surface area contributed by atoms with Gasteiger partial charge >= 0.3 is 0 Å². The molecule has 1 saturated carbocycles. The second-order valence-corrected chi connectivity index (χ2v) is 5.45. The summed E-state index contributed by atoms with van der Waals surface area (Å²) in [6, 6.07) is 0. The van der Waals surface area contributed by atoms with E-state index in [1.165, 1.54) is 6.42 Å². The average Bonchev–Trinajstić information content (AvgIpc) is 2.18. The normalized spacial score (nSPS) is 32.2. The Bertz CT molecular complexity index is 169. The third-order valence-corrected chi connectivity index (χ3v) is 3.62. The second kappa shape index (κ2) is 5.86. The molecule has 2 nitrogen and oxygen atoms in total. The van der Waals surface area contributed by atoms with Crippen LogP contribution in [0.1, 0.15) is 58.8 Å². The maximum Gasteiger partial charge on any atom is 0.0649 e. The monoisotopic (exact) mass is 214 g/mol. The summed E-state index contributed by atoms with van der Waals surface area (Å²) in [4.78, 5) is 0. The standard InChI is InChI=1S/C13H26O2/c1-11(2)5-4-8-13(14)9-6-12(15-3)7-10-13/h11-12,14H,4-10H2,1-3H3. The molecule has 1 fully saturated rings. The van der Waals surface area contributed by atoms with Crippen molar-refractivity contribution in [3.05, 3.63) is 0 Å². The summed E-state index contributed by atoms with van der Waals surface area (Å²) in [5, 5.41) is 10.3. The zero-order valence-corrected chi connectivity index (χ0v) is 10.5. The van der Waals surface area contributed by atoms with E-state index in [0.29, 0.717) is 6.10 Å². The number of hydrogen-bond acceptors (Lipinski definition) is 2. The lowest BCUT2D eigenvalue weighted by molar-refractivity contribution is -0.0496. The van der Waals surface area contributed by atoms with Gasteiger partial charge in [0.05, 0.1) is 11.7 Å². The third kappa shape index (κ3) is 4.52. The van der Waals surface area contributed by atoms with Gasteiger partial charge in [-0.25, -0.2) is 0 Å². The number of ether oxygens (including phenoxy) is 1. The van der Waals surface area contributed by atoms with Crippen LogP contribution < -0.4 is 0 Å². The Labute approximate surface area is 94.0 Å². The van der Waals surface area contributed by atoms with Gasteiger partial charge in [0.25, 0.3) is 0 Å². The van der Waals surface area contributed by atoms with Crippen molar-refractivity contribution in [1.82, 2.24) is 0 Å². The molecule has 0 heterocycles. The van der Waals surface area contributed by atoms with Crippen LogP contribution in [0.5, 0.6) is 0 Å². The van der Waals surface area contributed by atoms with E-state index in [2.05, 4.69) is 13.8 Å². The van der Waals surface area contributed by atoms with Crippen molar-refractivity contribution in [2.75, 3.05) is 7.11 Å². The van der Waals surface area contributed by atoms with E-state index in [-0.39, 0.29) is 5.60 Å². The van der Waals surface area contributed by atoms with Crippen LogP contribution in [-0.2, 0) is 4.74 Å². The molecule has 1 N–H and O–H groups in total. The molecule has 0 radical (unpaired) electrons. The predicted molar refractivity (Wildman–Crippen MR) is 62.9 cm³/mol. The minimum atomic E-state index is -0.385. The quantitative estimate of drug-likeness (QED) is 0.762. The van der Waals surface area contributed by atoms with Crippen LogP contribution in [0.25, 0.3) is 0 Å². The Morgan fingerprint density at radius 3 is 2.40 bits per heavy atom. The molecule has 0 saturated heterocycles. The summed E-state index contributed by atoms with van der Waals surface area (Å²) in [7, 11) is 1.77. The maximum absolute atomic E-state index is 10.3. The highest BCUT2D eigenvalue weighted by Gasteiger charge is 2.32. The minimum absolute atomic E-state index is 0.385. The summed E-state index contributed by atoms with van der Waals surface area (Å²) in [5.74, 6) is 0.754. The molecule has 1 aliphatic rings. The fourth-order valence-electron chi connectivity index (χ4n) is 2.45. The van der Waals surface area contributed by atoms with Crippen molar-refractivity contribution >= 4 is 0 Å². The van der Waals surface area contributed by atoms with Crippen LogP contribution in [0, 0.1) is 5.92 Å². The zero-order valence-electron chi connectivity index (χ0n) is 10.5. The topological polar surface area (TPSA) is 29.5 Å². The fourth-order valence-corrected chi connectivity index (χ4v) is 2.45. The first-order valence-corrected chi connectivity index (χ1v) is 6.31. The van der Waals surface area contributed by atoms with Crippen molar-refractivity contribution in [3.8, 4) is 0 Å².